The standard InChI is InChI=1S/C13H14BrN3O2S/c14-12-9-11(4-5-13(12)15)20(18,19)17-8-6-10-3-1-2-7-16-10/h1-5,7,9,17H,6,8,15H2. The van der Waals surface area contributed by atoms with Gasteiger partial charge in [0.25, 0.3) is 0 Å². The lowest BCUT2D eigenvalue weighted by Crippen LogP contribution is -2.26. The quantitative estimate of drug-likeness (QED) is 0.802. The molecular formula is C13H14BrN3O2S. The summed E-state index contributed by atoms with van der Waals surface area (Å²) >= 11 is 3.22. The Morgan fingerprint density at radius 3 is 2.70 bits per heavy atom. The molecule has 0 aliphatic rings. The van der Waals surface area contributed by atoms with E-state index in [2.05, 4.69) is 25.6 Å². The zero-order chi connectivity index (χ0) is 14.6. The zero-order valence-corrected chi connectivity index (χ0v) is 13.0. The maximum Gasteiger partial charge on any atom is 0.240 e. The molecule has 1 aromatic heterocycles. The van der Waals surface area contributed by atoms with Gasteiger partial charge in [-0.3, -0.25) is 4.98 Å². The summed E-state index contributed by atoms with van der Waals surface area (Å²) in [4.78, 5) is 4.32. The van der Waals surface area contributed by atoms with Crippen molar-refractivity contribution in [3.8, 4) is 0 Å². The van der Waals surface area contributed by atoms with Crippen LogP contribution in [-0.4, -0.2) is 19.9 Å². The summed E-state index contributed by atoms with van der Waals surface area (Å²) in [5.74, 6) is 0. The highest BCUT2D eigenvalue weighted by atomic mass is 79.9. The second kappa shape index (κ2) is 6.34. The molecule has 2 aromatic rings. The van der Waals surface area contributed by atoms with Gasteiger partial charge in [-0.15, -0.1) is 0 Å². The minimum absolute atomic E-state index is 0.180. The van der Waals surface area contributed by atoms with Crippen molar-refractivity contribution in [1.29, 1.82) is 0 Å². The van der Waals surface area contributed by atoms with E-state index in [1.807, 2.05) is 18.2 Å². The van der Waals surface area contributed by atoms with E-state index in [1.165, 1.54) is 12.1 Å². The molecule has 0 saturated carbocycles. The molecule has 0 bridgehead atoms. The van der Waals surface area contributed by atoms with E-state index >= 15 is 0 Å². The molecule has 0 aliphatic heterocycles. The number of rotatable bonds is 5. The second-order valence-corrected chi connectivity index (χ2v) is 6.77. The normalized spacial score (nSPS) is 11.4. The summed E-state index contributed by atoms with van der Waals surface area (Å²) in [6, 6.07) is 10.1. The van der Waals surface area contributed by atoms with E-state index in [0.29, 0.717) is 23.1 Å². The van der Waals surface area contributed by atoms with Crippen LogP contribution in [0.4, 0.5) is 5.69 Å². The lowest BCUT2D eigenvalue weighted by atomic mass is 10.3. The molecule has 20 heavy (non-hydrogen) atoms. The molecular weight excluding hydrogens is 342 g/mol. The molecule has 2 rings (SSSR count). The largest absolute Gasteiger partial charge is 0.398 e. The molecule has 0 fully saturated rings. The Balaban J connectivity index is 2.02. The summed E-state index contributed by atoms with van der Waals surface area (Å²) < 4.78 is 27.3. The van der Waals surface area contributed by atoms with Gasteiger partial charge in [0, 0.05) is 35.0 Å². The van der Waals surface area contributed by atoms with Crippen LogP contribution in [0.15, 0.2) is 52.0 Å². The number of halogens is 1. The first-order valence-corrected chi connectivity index (χ1v) is 8.21. The first-order chi connectivity index (χ1) is 9.49. The molecule has 0 saturated heterocycles. The summed E-state index contributed by atoms with van der Waals surface area (Å²) in [6.45, 7) is 0.293. The SMILES string of the molecule is Nc1ccc(S(=O)(=O)NCCc2ccccn2)cc1Br. The number of aromatic nitrogens is 1. The highest BCUT2D eigenvalue weighted by Gasteiger charge is 2.14. The van der Waals surface area contributed by atoms with E-state index in [0.717, 1.165) is 5.69 Å². The molecule has 0 unspecified atom stereocenters. The third-order valence-corrected chi connectivity index (χ3v) is 4.83. The molecule has 0 spiro atoms. The van der Waals surface area contributed by atoms with Crippen molar-refractivity contribution in [1.82, 2.24) is 9.71 Å². The van der Waals surface area contributed by atoms with Gasteiger partial charge in [-0.05, 0) is 46.3 Å². The van der Waals surface area contributed by atoms with Crippen molar-refractivity contribution in [3.63, 3.8) is 0 Å². The van der Waals surface area contributed by atoms with Gasteiger partial charge in [-0.1, -0.05) is 6.07 Å². The molecule has 0 radical (unpaired) electrons. The molecule has 5 nitrogen and oxygen atoms in total. The van der Waals surface area contributed by atoms with E-state index in [1.54, 1.807) is 12.3 Å². The van der Waals surface area contributed by atoms with E-state index in [-0.39, 0.29) is 4.90 Å². The van der Waals surface area contributed by atoms with Gasteiger partial charge in [-0.2, -0.15) is 0 Å². The van der Waals surface area contributed by atoms with Crippen molar-refractivity contribution in [2.45, 2.75) is 11.3 Å². The van der Waals surface area contributed by atoms with Gasteiger partial charge in [0.1, 0.15) is 0 Å². The minimum Gasteiger partial charge on any atom is -0.398 e. The van der Waals surface area contributed by atoms with Crippen LogP contribution in [0, 0.1) is 0 Å². The number of hydrogen-bond donors (Lipinski definition) is 2. The smallest absolute Gasteiger partial charge is 0.240 e. The van der Waals surface area contributed by atoms with Gasteiger partial charge in [-0.25, -0.2) is 13.1 Å². The maximum absolute atomic E-state index is 12.1. The van der Waals surface area contributed by atoms with Crippen LogP contribution in [0.2, 0.25) is 0 Å². The average Bonchev–Trinajstić information content (AvgIpc) is 2.43. The molecule has 0 atom stereocenters. The molecule has 0 amide bonds. The molecule has 3 N–H and O–H groups in total. The van der Waals surface area contributed by atoms with Crippen LogP contribution in [0.5, 0.6) is 0 Å². The van der Waals surface area contributed by atoms with Crippen LogP contribution in [0.25, 0.3) is 0 Å². The monoisotopic (exact) mass is 355 g/mol. The first-order valence-electron chi connectivity index (χ1n) is 5.93. The van der Waals surface area contributed by atoms with Gasteiger partial charge < -0.3 is 5.73 Å². The Morgan fingerprint density at radius 1 is 1.25 bits per heavy atom. The van der Waals surface area contributed by atoms with Crippen LogP contribution in [0.1, 0.15) is 5.69 Å². The Morgan fingerprint density at radius 2 is 2.05 bits per heavy atom. The van der Waals surface area contributed by atoms with Gasteiger partial charge >= 0.3 is 0 Å². The fourth-order valence-electron chi connectivity index (χ4n) is 1.62. The number of benzene rings is 1. The predicted octanol–water partition coefficient (Wildman–Crippen LogP) is 1.95. The third-order valence-electron chi connectivity index (χ3n) is 2.68. The first kappa shape index (κ1) is 15.0. The molecule has 7 heteroatoms. The van der Waals surface area contributed by atoms with Gasteiger partial charge in [0.2, 0.25) is 10.0 Å². The summed E-state index contributed by atoms with van der Waals surface area (Å²) in [5.41, 5.74) is 6.98. The summed E-state index contributed by atoms with van der Waals surface area (Å²) in [7, 11) is -3.53. The van der Waals surface area contributed by atoms with E-state index < -0.39 is 10.0 Å². The Bertz CT molecular complexity index is 690. The lowest BCUT2D eigenvalue weighted by Gasteiger charge is -2.08. The Kier molecular flexibility index (Phi) is 4.74. The number of hydrogen-bond acceptors (Lipinski definition) is 4. The van der Waals surface area contributed by atoms with Gasteiger partial charge in [0.15, 0.2) is 0 Å². The third kappa shape index (κ3) is 3.78. The second-order valence-electron chi connectivity index (χ2n) is 4.15. The predicted molar refractivity (Wildman–Crippen MR) is 81.7 cm³/mol. The van der Waals surface area contributed by atoms with Crippen LogP contribution >= 0.6 is 15.9 Å². The number of nitrogens with zero attached hydrogens (tertiary/aromatic N) is 1. The number of nitrogen functional groups attached to an aromatic ring is 1. The van der Waals surface area contributed by atoms with Crippen molar-refractivity contribution in [2.75, 3.05) is 12.3 Å². The Labute approximate surface area is 126 Å². The van der Waals surface area contributed by atoms with Crippen LogP contribution < -0.4 is 10.5 Å². The summed E-state index contributed by atoms with van der Waals surface area (Å²) in [6.07, 6.45) is 2.22. The number of nitrogens with two attached hydrogens (primary N) is 1. The number of pyridine rings is 1. The molecule has 1 heterocycles. The van der Waals surface area contributed by atoms with Gasteiger partial charge in [0.05, 0.1) is 4.90 Å². The van der Waals surface area contributed by atoms with E-state index in [4.69, 9.17) is 5.73 Å². The average molecular weight is 356 g/mol. The van der Waals surface area contributed by atoms with Crippen molar-refractivity contribution in [2.24, 2.45) is 0 Å². The minimum atomic E-state index is -3.53. The van der Waals surface area contributed by atoms with Crippen LogP contribution in [-0.2, 0) is 16.4 Å². The van der Waals surface area contributed by atoms with E-state index in [9.17, 15) is 8.42 Å². The lowest BCUT2D eigenvalue weighted by molar-refractivity contribution is 0.581. The topological polar surface area (TPSA) is 85.1 Å². The summed E-state index contributed by atoms with van der Waals surface area (Å²) in [5, 5.41) is 0. The Hall–Kier alpha value is -1.44. The fraction of sp³-hybridized carbons (Fsp3) is 0.154. The number of sulfonamides is 1. The van der Waals surface area contributed by atoms with Crippen molar-refractivity contribution < 1.29 is 8.42 Å². The fourth-order valence-corrected chi connectivity index (χ4v) is 3.21. The molecule has 106 valence electrons. The van der Waals surface area contributed by atoms with Crippen LogP contribution in [0.3, 0.4) is 0 Å². The molecule has 1 aromatic carbocycles. The zero-order valence-electron chi connectivity index (χ0n) is 10.6. The highest BCUT2D eigenvalue weighted by Crippen LogP contribution is 2.22. The number of nitrogens with one attached hydrogen (secondary N) is 1. The maximum atomic E-state index is 12.1. The highest BCUT2D eigenvalue weighted by molar-refractivity contribution is 9.10. The van der Waals surface area contributed by atoms with Crippen molar-refractivity contribution in [3.05, 3.63) is 52.8 Å². The van der Waals surface area contributed by atoms with Crippen molar-refractivity contribution >= 4 is 31.6 Å². The number of anilines is 1. The molecule has 0 aliphatic carbocycles.